The number of benzene rings is 1. The second kappa shape index (κ2) is 6.58. The summed E-state index contributed by atoms with van der Waals surface area (Å²) < 4.78 is 5.38. The predicted octanol–water partition coefficient (Wildman–Crippen LogP) is 3.72. The molecule has 0 bridgehead atoms. The van der Waals surface area contributed by atoms with E-state index in [1.807, 2.05) is 24.3 Å². The van der Waals surface area contributed by atoms with Gasteiger partial charge in [0.25, 0.3) is 0 Å². The molecule has 0 radical (unpaired) electrons. The fourth-order valence-electron chi connectivity index (χ4n) is 2.90. The highest BCUT2D eigenvalue weighted by Crippen LogP contribution is 2.31. The van der Waals surface area contributed by atoms with E-state index in [4.69, 9.17) is 16.1 Å². The van der Waals surface area contributed by atoms with Gasteiger partial charge in [-0.2, -0.15) is 4.98 Å². The number of nitrogens with zero attached hydrogens (tertiary/aromatic N) is 2. The summed E-state index contributed by atoms with van der Waals surface area (Å²) in [4.78, 5) is 4.47. The van der Waals surface area contributed by atoms with E-state index in [0.717, 1.165) is 37.7 Å². The quantitative estimate of drug-likeness (QED) is 0.878. The Balaban J connectivity index is 1.73. The normalized spacial score (nSPS) is 23.0. The van der Waals surface area contributed by atoms with Crippen LogP contribution in [0.5, 0.6) is 0 Å². The first-order valence-corrected chi connectivity index (χ1v) is 7.85. The van der Waals surface area contributed by atoms with E-state index in [1.165, 1.54) is 0 Å². The van der Waals surface area contributed by atoms with Crippen molar-refractivity contribution >= 4 is 11.6 Å². The zero-order chi connectivity index (χ0) is 14.7. The smallest absolute Gasteiger partial charge is 0.232 e. The molecule has 1 aromatic heterocycles. The van der Waals surface area contributed by atoms with E-state index in [1.54, 1.807) is 0 Å². The summed E-state index contributed by atoms with van der Waals surface area (Å²) >= 11 is 5.98. The summed E-state index contributed by atoms with van der Waals surface area (Å²) in [6.45, 7) is 0. The first-order chi connectivity index (χ1) is 10.2. The number of rotatable bonds is 3. The third-order valence-corrected chi connectivity index (χ3v) is 4.27. The first kappa shape index (κ1) is 14.5. The van der Waals surface area contributed by atoms with Gasteiger partial charge in [0.05, 0.1) is 12.0 Å². The maximum atomic E-state index is 10.2. The molecule has 0 aliphatic heterocycles. The molecule has 2 unspecified atom stereocenters. The van der Waals surface area contributed by atoms with E-state index in [-0.39, 0.29) is 12.0 Å². The molecule has 4 nitrogen and oxygen atoms in total. The Morgan fingerprint density at radius 1 is 1.24 bits per heavy atom. The van der Waals surface area contributed by atoms with Crippen LogP contribution in [0.15, 0.2) is 28.8 Å². The Morgan fingerprint density at radius 2 is 2.10 bits per heavy atom. The molecule has 1 heterocycles. The maximum Gasteiger partial charge on any atom is 0.232 e. The van der Waals surface area contributed by atoms with Crippen molar-refractivity contribution < 1.29 is 9.63 Å². The van der Waals surface area contributed by atoms with Crippen LogP contribution in [0.2, 0.25) is 5.02 Å². The second-order valence-corrected chi connectivity index (χ2v) is 6.10. The number of halogens is 1. The molecule has 1 saturated carbocycles. The van der Waals surface area contributed by atoms with Crippen LogP contribution in [0.3, 0.4) is 0 Å². The van der Waals surface area contributed by atoms with Crippen molar-refractivity contribution in [3.05, 3.63) is 46.6 Å². The molecule has 0 amide bonds. The van der Waals surface area contributed by atoms with Crippen molar-refractivity contribution in [1.29, 1.82) is 0 Å². The molecule has 5 heteroatoms. The summed E-state index contributed by atoms with van der Waals surface area (Å²) in [6.07, 6.45) is 5.29. The monoisotopic (exact) mass is 306 g/mol. The van der Waals surface area contributed by atoms with Gasteiger partial charge < -0.3 is 9.63 Å². The van der Waals surface area contributed by atoms with Crippen LogP contribution in [-0.4, -0.2) is 21.4 Å². The van der Waals surface area contributed by atoms with Gasteiger partial charge in [-0.05, 0) is 30.5 Å². The highest BCUT2D eigenvalue weighted by atomic mass is 35.5. The minimum absolute atomic E-state index is 0.0203. The van der Waals surface area contributed by atoms with Gasteiger partial charge in [0.15, 0.2) is 5.82 Å². The van der Waals surface area contributed by atoms with E-state index in [9.17, 15) is 5.11 Å². The number of hydrogen-bond acceptors (Lipinski definition) is 4. The molecule has 21 heavy (non-hydrogen) atoms. The van der Waals surface area contributed by atoms with Crippen molar-refractivity contribution in [2.24, 2.45) is 0 Å². The molecule has 1 fully saturated rings. The van der Waals surface area contributed by atoms with Crippen molar-refractivity contribution in [3.8, 4) is 0 Å². The van der Waals surface area contributed by atoms with Crippen LogP contribution in [0.25, 0.3) is 0 Å². The molecule has 1 aromatic carbocycles. The van der Waals surface area contributed by atoms with Gasteiger partial charge in [-0.25, -0.2) is 0 Å². The lowest BCUT2D eigenvalue weighted by atomic mass is 9.97. The molecule has 1 aliphatic rings. The molecule has 2 atom stereocenters. The maximum absolute atomic E-state index is 10.2. The Hall–Kier alpha value is -1.39. The highest BCUT2D eigenvalue weighted by Gasteiger charge is 2.28. The molecular formula is C16H19ClN2O2. The minimum atomic E-state index is -0.369. The van der Waals surface area contributed by atoms with Crippen molar-refractivity contribution in [2.45, 2.75) is 50.5 Å². The Kier molecular flexibility index (Phi) is 4.56. The van der Waals surface area contributed by atoms with E-state index >= 15 is 0 Å². The average molecular weight is 307 g/mol. The number of hydrogen-bond donors (Lipinski definition) is 1. The summed E-state index contributed by atoms with van der Waals surface area (Å²) in [7, 11) is 0. The lowest BCUT2D eigenvalue weighted by Gasteiger charge is -2.15. The zero-order valence-corrected chi connectivity index (χ0v) is 12.6. The van der Waals surface area contributed by atoms with Gasteiger partial charge >= 0.3 is 0 Å². The van der Waals surface area contributed by atoms with E-state index in [0.29, 0.717) is 23.2 Å². The standard InChI is InChI=1S/C16H19ClN2O2/c17-12-6-4-5-11(9-12)10-15-18-16(21-19-15)13-7-2-1-3-8-14(13)20/h4-6,9,13-14,20H,1-3,7-8,10H2. The minimum Gasteiger partial charge on any atom is -0.392 e. The molecule has 0 spiro atoms. The molecule has 2 aromatic rings. The largest absolute Gasteiger partial charge is 0.392 e. The fraction of sp³-hybridized carbons (Fsp3) is 0.500. The topological polar surface area (TPSA) is 59.2 Å². The first-order valence-electron chi connectivity index (χ1n) is 7.47. The fourth-order valence-corrected chi connectivity index (χ4v) is 3.11. The lowest BCUT2D eigenvalue weighted by molar-refractivity contribution is 0.119. The molecule has 1 N–H and O–H groups in total. The molecule has 3 rings (SSSR count). The van der Waals surface area contributed by atoms with Crippen LogP contribution in [0.1, 0.15) is 55.3 Å². The molecular weight excluding hydrogens is 288 g/mol. The third-order valence-electron chi connectivity index (χ3n) is 4.03. The summed E-state index contributed by atoms with van der Waals surface area (Å²) in [5, 5.41) is 14.9. The van der Waals surface area contributed by atoms with Gasteiger partial charge in [-0.3, -0.25) is 0 Å². The third kappa shape index (κ3) is 3.63. The van der Waals surface area contributed by atoms with E-state index < -0.39 is 0 Å². The molecule has 0 saturated heterocycles. The summed E-state index contributed by atoms with van der Waals surface area (Å²) in [5.41, 5.74) is 1.05. The van der Waals surface area contributed by atoms with Crippen LogP contribution in [0.4, 0.5) is 0 Å². The van der Waals surface area contributed by atoms with Crippen LogP contribution < -0.4 is 0 Å². The van der Waals surface area contributed by atoms with Crippen LogP contribution >= 0.6 is 11.6 Å². The van der Waals surface area contributed by atoms with Gasteiger partial charge in [0.1, 0.15) is 0 Å². The van der Waals surface area contributed by atoms with Crippen molar-refractivity contribution in [1.82, 2.24) is 10.1 Å². The number of aromatic nitrogens is 2. The molecule has 1 aliphatic carbocycles. The second-order valence-electron chi connectivity index (χ2n) is 5.67. The zero-order valence-electron chi connectivity index (χ0n) is 11.8. The molecule has 112 valence electrons. The Bertz CT molecular complexity index is 599. The van der Waals surface area contributed by atoms with Crippen LogP contribution in [-0.2, 0) is 6.42 Å². The van der Waals surface area contributed by atoms with E-state index in [2.05, 4.69) is 10.1 Å². The summed E-state index contributed by atoms with van der Waals surface area (Å²) in [5.74, 6) is 1.19. The number of aliphatic hydroxyl groups excluding tert-OH is 1. The van der Waals surface area contributed by atoms with Crippen molar-refractivity contribution in [3.63, 3.8) is 0 Å². The Morgan fingerprint density at radius 3 is 2.95 bits per heavy atom. The van der Waals surface area contributed by atoms with Gasteiger partial charge in [0.2, 0.25) is 5.89 Å². The van der Waals surface area contributed by atoms with Gasteiger partial charge in [-0.1, -0.05) is 48.2 Å². The Labute approximate surface area is 129 Å². The van der Waals surface area contributed by atoms with Crippen LogP contribution in [0, 0.1) is 0 Å². The average Bonchev–Trinajstić information content (AvgIpc) is 2.80. The highest BCUT2D eigenvalue weighted by molar-refractivity contribution is 6.30. The van der Waals surface area contributed by atoms with Gasteiger partial charge in [-0.15, -0.1) is 0 Å². The summed E-state index contributed by atoms with van der Waals surface area (Å²) in [6, 6.07) is 7.64. The van der Waals surface area contributed by atoms with Crippen molar-refractivity contribution in [2.75, 3.05) is 0 Å². The predicted molar refractivity (Wildman–Crippen MR) is 80.4 cm³/mol. The van der Waals surface area contributed by atoms with Gasteiger partial charge in [0, 0.05) is 11.4 Å². The number of aliphatic hydroxyl groups is 1. The SMILES string of the molecule is OC1CCCCCC1c1nc(Cc2cccc(Cl)c2)no1. The lowest BCUT2D eigenvalue weighted by Crippen LogP contribution is -2.17.